The van der Waals surface area contributed by atoms with Crippen LogP contribution in [0.15, 0.2) is 42.5 Å². The Hall–Kier alpha value is -1.55. The number of hydrogen-bond acceptors (Lipinski definition) is 1. The fourth-order valence-electron chi connectivity index (χ4n) is 3.06. The zero-order chi connectivity index (χ0) is 16.6. The number of nitrogens with one attached hydrogen (secondary N) is 1. The molecule has 119 valence electrons. The number of carbonyl (C=O) groups is 1. The predicted molar refractivity (Wildman–Crippen MR) is 94.2 cm³/mol. The van der Waals surface area contributed by atoms with Crippen molar-refractivity contribution >= 4 is 34.8 Å². The van der Waals surface area contributed by atoms with E-state index in [0.717, 1.165) is 16.8 Å². The highest BCUT2D eigenvalue weighted by molar-refractivity contribution is 6.31. The number of hydrogen-bond donors (Lipinski definition) is 1. The third-order valence-corrected chi connectivity index (χ3v) is 4.35. The van der Waals surface area contributed by atoms with E-state index in [9.17, 15) is 4.79 Å². The SMILES string of the molecule is CC(C)[N]C1(Cc2cccc(Cl)c2)C(=O)Nc2cc(Cl)ccc21. The minimum Gasteiger partial charge on any atom is -0.324 e. The van der Waals surface area contributed by atoms with Gasteiger partial charge >= 0.3 is 0 Å². The van der Waals surface area contributed by atoms with Gasteiger partial charge in [-0.05, 0) is 43.7 Å². The van der Waals surface area contributed by atoms with Crippen molar-refractivity contribution in [1.82, 2.24) is 5.32 Å². The number of carbonyl (C=O) groups excluding carboxylic acids is 1. The second-order valence-electron chi connectivity index (χ2n) is 6.03. The third kappa shape index (κ3) is 3.09. The van der Waals surface area contributed by atoms with Gasteiger partial charge in [0.25, 0.3) is 5.91 Å². The van der Waals surface area contributed by atoms with Gasteiger partial charge < -0.3 is 5.32 Å². The summed E-state index contributed by atoms with van der Waals surface area (Å²) in [4.78, 5) is 12.8. The fraction of sp³-hybridized carbons (Fsp3) is 0.278. The van der Waals surface area contributed by atoms with Gasteiger partial charge in [0.2, 0.25) is 0 Å². The van der Waals surface area contributed by atoms with Gasteiger partial charge in [-0.2, -0.15) is 0 Å². The number of rotatable bonds is 4. The Bertz CT molecular complexity index is 760. The number of amides is 1. The lowest BCUT2D eigenvalue weighted by atomic mass is 9.84. The van der Waals surface area contributed by atoms with Crippen LogP contribution < -0.4 is 10.6 Å². The molecule has 1 unspecified atom stereocenters. The first kappa shape index (κ1) is 16.3. The zero-order valence-corrected chi connectivity index (χ0v) is 14.4. The molecule has 1 aliphatic heterocycles. The van der Waals surface area contributed by atoms with Crippen LogP contribution in [-0.4, -0.2) is 11.9 Å². The molecule has 0 aromatic heterocycles. The molecule has 1 aliphatic rings. The summed E-state index contributed by atoms with van der Waals surface area (Å²) in [5.74, 6) is -0.122. The fourth-order valence-corrected chi connectivity index (χ4v) is 3.45. The molecule has 1 amide bonds. The lowest BCUT2D eigenvalue weighted by Crippen LogP contribution is -2.47. The van der Waals surface area contributed by atoms with E-state index in [1.54, 1.807) is 12.1 Å². The molecule has 2 aromatic carbocycles. The lowest BCUT2D eigenvalue weighted by molar-refractivity contribution is -0.122. The highest BCUT2D eigenvalue weighted by Gasteiger charge is 2.48. The number of benzene rings is 2. The highest BCUT2D eigenvalue weighted by Crippen LogP contribution is 2.41. The Morgan fingerprint density at radius 2 is 1.87 bits per heavy atom. The van der Waals surface area contributed by atoms with Gasteiger partial charge in [0, 0.05) is 33.8 Å². The molecule has 1 radical (unpaired) electrons. The Balaban J connectivity index is 2.09. The van der Waals surface area contributed by atoms with E-state index in [-0.39, 0.29) is 11.9 Å². The Morgan fingerprint density at radius 3 is 2.57 bits per heavy atom. The molecule has 0 saturated heterocycles. The largest absolute Gasteiger partial charge is 0.324 e. The van der Waals surface area contributed by atoms with Crippen LogP contribution in [0.5, 0.6) is 0 Å². The summed E-state index contributed by atoms with van der Waals surface area (Å²) in [6.07, 6.45) is 0.464. The van der Waals surface area contributed by atoms with E-state index >= 15 is 0 Å². The molecule has 5 heteroatoms. The molecule has 0 fully saturated rings. The van der Waals surface area contributed by atoms with Gasteiger partial charge in [0.05, 0.1) is 0 Å². The van der Waals surface area contributed by atoms with E-state index in [1.165, 1.54) is 0 Å². The van der Waals surface area contributed by atoms with Crippen LogP contribution in [0.2, 0.25) is 10.0 Å². The van der Waals surface area contributed by atoms with Gasteiger partial charge in [0.15, 0.2) is 0 Å². The normalized spacial score (nSPS) is 19.8. The molecule has 0 spiro atoms. The van der Waals surface area contributed by atoms with Crippen LogP contribution in [0.25, 0.3) is 0 Å². The first-order valence-electron chi connectivity index (χ1n) is 7.49. The first-order valence-corrected chi connectivity index (χ1v) is 8.24. The van der Waals surface area contributed by atoms with E-state index < -0.39 is 5.54 Å². The Kier molecular flexibility index (Phi) is 4.37. The maximum atomic E-state index is 12.8. The van der Waals surface area contributed by atoms with Crippen LogP contribution in [0, 0.1) is 0 Å². The molecule has 3 nitrogen and oxygen atoms in total. The molecule has 1 N–H and O–H groups in total. The summed E-state index contributed by atoms with van der Waals surface area (Å²) in [5.41, 5.74) is 1.62. The summed E-state index contributed by atoms with van der Waals surface area (Å²) in [6, 6.07) is 13.0. The quantitative estimate of drug-likeness (QED) is 0.875. The summed E-state index contributed by atoms with van der Waals surface area (Å²) in [5, 5.41) is 8.95. The number of fused-ring (bicyclic) bond motifs is 1. The number of anilines is 1. The van der Waals surface area contributed by atoms with E-state index in [0.29, 0.717) is 16.5 Å². The minimum absolute atomic E-state index is 0.0153. The molecule has 1 atom stereocenters. The summed E-state index contributed by atoms with van der Waals surface area (Å²) in [7, 11) is 0. The van der Waals surface area contributed by atoms with Crippen LogP contribution in [0.3, 0.4) is 0 Å². The van der Waals surface area contributed by atoms with E-state index in [1.807, 2.05) is 44.2 Å². The van der Waals surface area contributed by atoms with Crippen molar-refractivity contribution in [2.24, 2.45) is 0 Å². The highest BCUT2D eigenvalue weighted by atomic mass is 35.5. The topological polar surface area (TPSA) is 43.2 Å². The van der Waals surface area contributed by atoms with Crippen molar-refractivity contribution in [2.75, 3.05) is 5.32 Å². The molecule has 0 aliphatic carbocycles. The summed E-state index contributed by atoms with van der Waals surface area (Å²) >= 11 is 12.1. The Morgan fingerprint density at radius 1 is 1.13 bits per heavy atom. The van der Waals surface area contributed by atoms with Crippen molar-refractivity contribution < 1.29 is 4.79 Å². The van der Waals surface area contributed by atoms with Crippen LogP contribution in [0.1, 0.15) is 25.0 Å². The van der Waals surface area contributed by atoms with Crippen molar-refractivity contribution in [2.45, 2.75) is 31.8 Å². The minimum atomic E-state index is -0.946. The molecule has 3 rings (SSSR count). The second-order valence-corrected chi connectivity index (χ2v) is 6.91. The van der Waals surface area contributed by atoms with Crippen LogP contribution >= 0.6 is 23.2 Å². The van der Waals surface area contributed by atoms with E-state index in [2.05, 4.69) is 5.32 Å². The molecule has 0 bridgehead atoms. The maximum absolute atomic E-state index is 12.8. The van der Waals surface area contributed by atoms with Crippen molar-refractivity contribution in [3.8, 4) is 0 Å². The zero-order valence-electron chi connectivity index (χ0n) is 12.9. The molecule has 23 heavy (non-hydrogen) atoms. The van der Waals surface area contributed by atoms with Gasteiger partial charge in [-0.3, -0.25) is 4.79 Å². The van der Waals surface area contributed by atoms with Gasteiger partial charge in [-0.25, -0.2) is 5.32 Å². The van der Waals surface area contributed by atoms with E-state index in [4.69, 9.17) is 28.5 Å². The predicted octanol–water partition coefficient (Wildman–Crippen LogP) is 4.40. The monoisotopic (exact) mass is 347 g/mol. The maximum Gasteiger partial charge on any atom is 0.251 e. The van der Waals surface area contributed by atoms with Crippen molar-refractivity contribution in [3.63, 3.8) is 0 Å². The summed E-state index contributed by atoms with van der Waals surface area (Å²) < 4.78 is 0. The summed E-state index contributed by atoms with van der Waals surface area (Å²) in [6.45, 7) is 3.95. The van der Waals surface area contributed by atoms with Crippen LogP contribution in [0.4, 0.5) is 5.69 Å². The molecule has 2 aromatic rings. The second kappa shape index (κ2) is 6.16. The standard InChI is InChI=1S/C18H17Cl2N2O/c1-11(2)22-18(10-12-4-3-5-13(19)8-12)15-7-6-14(20)9-16(15)21-17(18)23/h3-9,11H,10H2,1-2H3,(H,21,23). The molecule has 0 saturated carbocycles. The van der Waals surface area contributed by atoms with Gasteiger partial charge in [-0.1, -0.05) is 41.4 Å². The van der Waals surface area contributed by atoms with Crippen molar-refractivity contribution in [1.29, 1.82) is 0 Å². The molecule has 1 heterocycles. The van der Waals surface area contributed by atoms with Gasteiger partial charge in [-0.15, -0.1) is 0 Å². The first-order chi connectivity index (χ1) is 10.9. The lowest BCUT2D eigenvalue weighted by Gasteiger charge is -2.29. The smallest absolute Gasteiger partial charge is 0.251 e. The van der Waals surface area contributed by atoms with Gasteiger partial charge in [0.1, 0.15) is 5.54 Å². The number of nitrogens with zero attached hydrogens (tertiary/aromatic N) is 1. The average Bonchev–Trinajstić information content (AvgIpc) is 2.70. The van der Waals surface area contributed by atoms with Crippen molar-refractivity contribution in [3.05, 3.63) is 63.6 Å². The Labute approximate surface area is 146 Å². The molecular weight excluding hydrogens is 331 g/mol. The third-order valence-electron chi connectivity index (χ3n) is 3.88. The number of halogens is 2. The average molecular weight is 348 g/mol. The van der Waals surface area contributed by atoms with Crippen LogP contribution in [-0.2, 0) is 16.8 Å². The molecular formula is C18H17Cl2N2O.